The molecule has 3 aromatic rings. The van der Waals surface area contributed by atoms with E-state index in [1.54, 1.807) is 30.3 Å². The average molecular weight is 364 g/mol. The molecule has 27 heavy (non-hydrogen) atoms. The van der Waals surface area contributed by atoms with Crippen molar-refractivity contribution >= 4 is 11.7 Å². The van der Waals surface area contributed by atoms with Gasteiger partial charge in [-0.1, -0.05) is 48.5 Å². The van der Waals surface area contributed by atoms with Gasteiger partial charge in [-0.2, -0.15) is 0 Å². The molecule has 0 fully saturated rings. The normalized spacial score (nSPS) is 10.4. The SMILES string of the molecule is O=C(NCCc1ccccc1F)c1ccc(NCCc2ccccc2)nn1. The first kappa shape index (κ1) is 18.5. The minimum absolute atomic E-state index is 0.233. The third-order valence-corrected chi connectivity index (χ3v) is 4.10. The van der Waals surface area contributed by atoms with Crippen molar-refractivity contribution in [2.45, 2.75) is 12.8 Å². The summed E-state index contributed by atoms with van der Waals surface area (Å²) in [7, 11) is 0. The van der Waals surface area contributed by atoms with Crippen molar-refractivity contribution in [3.8, 4) is 0 Å². The maximum atomic E-state index is 13.5. The molecule has 0 aliphatic rings. The minimum Gasteiger partial charge on any atom is -0.368 e. The number of anilines is 1. The highest BCUT2D eigenvalue weighted by molar-refractivity contribution is 5.92. The first-order chi connectivity index (χ1) is 13.2. The van der Waals surface area contributed by atoms with Crippen LogP contribution >= 0.6 is 0 Å². The van der Waals surface area contributed by atoms with Crippen molar-refractivity contribution in [2.75, 3.05) is 18.4 Å². The van der Waals surface area contributed by atoms with Crippen LogP contribution in [0.4, 0.5) is 10.2 Å². The molecule has 0 spiro atoms. The van der Waals surface area contributed by atoms with Gasteiger partial charge in [0.25, 0.3) is 5.91 Å². The number of hydrogen-bond acceptors (Lipinski definition) is 4. The average Bonchev–Trinajstić information content (AvgIpc) is 2.71. The van der Waals surface area contributed by atoms with E-state index < -0.39 is 0 Å². The standard InChI is InChI=1S/C21H21FN4O/c22-18-9-5-4-8-17(18)13-15-24-21(27)19-10-11-20(26-25-19)23-14-12-16-6-2-1-3-7-16/h1-11H,12-15H2,(H,23,26)(H,24,27). The number of hydrogen-bond donors (Lipinski definition) is 2. The Labute approximate surface area is 157 Å². The number of carbonyl (C=O) groups excluding carboxylic acids is 1. The molecule has 0 unspecified atom stereocenters. The molecule has 0 radical (unpaired) electrons. The van der Waals surface area contributed by atoms with Crippen LogP contribution in [-0.2, 0) is 12.8 Å². The fourth-order valence-corrected chi connectivity index (χ4v) is 2.63. The van der Waals surface area contributed by atoms with E-state index in [4.69, 9.17) is 0 Å². The Bertz CT molecular complexity index is 869. The fraction of sp³-hybridized carbons (Fsp3) is 0.190. The quantitative estimate of drug-likeness (QED) is 0.644. The second kappa shape index (κ2) is 9.43. The summed E-state index contributed by atoms with van der Waals surface area (Å²) in [5.41, 5.74) is 2.04. The number of benzene rings is 2. The molecular weight excluding hydrogens is 343 g/mol. The predicted molar refractivity (Wildman–Crippen MR) is 103 cm³/mol. The Morgan fingerprint density at radius 3 is 2.37 bits per heavy atom. The molecule has 1 amide bonds. The van der Waals surface area contributed by atoms with Gasteiger partial charge >= 0.3 is 0 Å². The predicted octanol–water partition coefficient (Wildman–Crippen LogP) is 3.24. The monoisotopic (exact) mass is 364 g/mol. The van der Waals surface area contributed by atoms with Crippen LogP contribution < -0.4 is 10.6 Å². The number of aromatic nitrogens is 2. The lowest BCUT2D eigenvalue weighted by Gasteiger charge is -2.07. The van der Waals surface area contributed by atoms with E-state index in [-0.39, 0.29) is 17.4 Å². The smallest absolute Gasteiger partial charge is 0.271 e. The number of rotatable bonds is 8. The van der Waals surface area contributed by atoms with Crippen LogP contribution in [0.2, 0.25) is 0 Å². The topological polar surface area (TPSA) is 66.9 Å². The lowest BCUT2D eigenvalue weighted by atomic mass is 10.1. The molecular formula is C21H21FN4O. The van der Waals surface area contributed by atoms with Crippen LogP contribution in [0.3, 0.4) is 0 Å². The Morgan fingerprint density at radius 2 is 1.63 bits per heavy atom. The molecule has 138 valence electrons. The van der Waals surface area contributed by atoms with Gasteiger partial charge in [-0.15, -0.1) is 10.2 Å². The molecule has 0 aliphatic carbocycles. The van der Waals surface area contributed by atoms with Gasteiger partial charge in [-0.05, 0) is 42.2 Å². The Balaban J connectivity index is 1.43. The van der Waals surface area contributed by atoms with Crippen LogP contribution in [0.5, 0.6) is 0 Å². The summed E-state index contributed by atoms with van der Waals surface area (Å²) in [6.07, 6.45) is 1.30. The van der Waals surface area contributed by atoms with Gasteiger partial charge in [0.05, 0.1) is 0 Å². The summed E-state index contributed by atoms with van der Waals surface area (Å²) in [5, 5.41) is 13.9. The van der Waals surface area contributed by atoms with Crippen LogP contribution in [0, 0.1) is 5.82 Å². The van der Waals surface area contributed by atoms with Crippen molar-refractivity contribution in [1.29, 1.82) is 0 Å². The zero-order chi connectivity index (χ0) is 18.9. The number of amides is 1. The molecule has 0 saturated carbocycles. The highest BCUT2D eigenvalue weighted by atomic mass is 19.1. The van der Waals surface area contributed by atoms with Crippen LogP contribution in [-0.4, -0.2) is 29.2 Å². The third-order valence-electron chi connectivity index (χ3n) is 4.10. The summed E-state index contributed by atoms with van der Waals surface area (Å²) in [6, 6.07) is 20.0. The Hall–Kier alpha value is -3.28. The zero-order valence-corrected chi connectivity index (χ0v) is 14.9. The maximum Gasteiger partial charge on any atom is 0.271 e. The van der Waals surface area contributed by atoms with Gasteiger partial charge in [-0.3, -0.25) is 4.79 Å². The summed E-state index contributed by atoms with van der Waals surface area (Å²) in [5.74, 6) is 0.0287. The van der Waals surface area contributed by atoms with E-state index >= 15 is 0 Å². The van der Waals surface area contributed by atoms with E-state index in [1.807, 2.05) is 18.2 Å². The first-order valence-corrected chi connectivity index (χ1v) is 8.85. The molecule has 2 aromatic carbocycles. The van der Waals surface area contributed by atoms with Crippen LogP contribution in [0.25, 0.3) is 0 Å². The molecule has 0 atom stereocenters. The van der Waals surface area contributed by atoms with Gasteiger partial charge in [0.1, 0.15) is 11.6 Å². The maximum absolute atomic E-state index is 13.5. The van der Waals surface area contributed by atoms with Crippen molar-refractivity contribution in [3.63, 3.8) is 0 Å². The van der Waals surface area contributed by atoms with E-state index in [0.717, 1.165) is 13.0 Å². The summed E-state index contributed by atoms with van der Waals surface area (Å²) >= 11 is 0. The van der Waals surface area contributed by atoms with E-state index in [0.29, 0.717) is 24.3 Å². The summed E-state index contributed by atoms with van der Waals surface area (Å²) in [4.78, 5) is 12.1. The number of halogens is 1. The molecule has 5 nitrogen and oxygen atoms in total. The van der Waals surface area contributed by atoms with Gasteiger partial charge in [0, 0.05) is 13.1 Å². The largest absolute Gasteiger partial charge is 0.368 e. The van der Waals surface area contributed by atoms with Crippen molar-refractivity contribution in [1.82, 2.24) is 15.5 Å². The highest BCUT2D eigenvalue weighted by Gasteiger charge is 2.08. The van der Waals surface area contributed by atoms with Gasteiger partial charge in [0.2, 0.25) is 0 Å². The molecule has 6 heteroatoms. The van der Waals surface area contributed by atoms with E-state index in [2.05, 4.69) is 33.0 Å². The lowest BCUT2D eigenvalue weighted by Crippen LogP contribution is -2.27. The number of nitrogens with one attached hydrogen (secondary N) is 2. The minimum atomic E-state index is -0.324. The lowest BCUT2D eigenvalue weighted by molar-refractivity contribution is 0.0948. The van der Waals surface area contributed by atoms with Crippen molar-refractivity contribution in [3.05, 3.63) is 89.4 Å². The van der Waals surface area contributed by atoms with Gasteiger partial charge in [-0.25, -0.2) is 4.39 Å². The fourth-order valence-electron chi connectivity index (χ4n) is 2.63. The first-order valence-electron chi connectivity index (χ1n) is 8.85. The Morgan fingerprint density at radius 1 is 0.852 bits per heavy atom. The van der Waals surface area contributed by atoms with Gasteiger partial charge < -0.3 is 10.6 Å². The number of carbonyl (C=O) groups is 1. The number of nitrogens with zero attached hydrogens (tertiary/aromatic N) is 2. The summed E-state index contributed by atoms with van der Waals surface area (Å²) in [6.45, 7) is 1.06. The molecule has 2 N–H and O–H groups in total. The van der Waals surface area contributed by atoms with Crippen molar-refractivity contribution < 1.29 is 9.18 Å². The second-order valence-electron chi connectivity index (χ2n) is 6.06. The van der Waals surface area contributed by atoms with Gasteiger partial charge in [0.15, 0.2) is 5.69 Å². The highest BCUT2D eigenvalue weighted by Crippen LogP contribution is 2.07. The molecule has 1 heterocycles. The third kappa shape index (κ3) is 5.60. The van der Waals surface area contributed by atoms with E-state index in [9.17, 15) is 9.18 Å². The van der Waals surface area contributed by atoms with Crippen LogP contribution in [0.1, 0.15) is 21.6 Å². The molecule has 0 bridgehead atoms. The molecule has 0 saturated heterocycles. The van der Waals surface area contributed by atoms with Crippen molar-refractivity contribution in [2.24, 2.45) is 0 Å². The molecule has 3 rings (SSSR count). The van der Waals surface area contributed by atoms with E-state index in [1.165, 1.54) is 11.6 Å². The van der Waals surface area contributed by atoms with Crippen LogP contribution in [0.15, 0.2) is 66.7 Å². The molecule has 1 aromatic heterocycles. The summed E-state index contributed by atoms with van der Waals surface area (Å²) < 4.78 is 13.5. The molecule has 0 aliphatic heterocycles. The zero-order valence-electron chi connectivity index (χ0n) is 14.9. The second-order valence-corrected chi connectivity index (χ2v) is 6.06. The Kier molecular flexibility index (Phi) is 6.46.